The van der Waals surface area contributed by atoms with E-state index in [-0.39, 0.29) is 24.0 Å². The lowest BCUT2D eigenvalue weighted by molar-refractivity contribution is -0.143. The quantitative estimate of drug-likeness (QED) is 0.245. The number of carbonyl (C=O) groups is 2. The lowest BCUT2D eigenvalue weighted by Gasteiger charge is -2.41. The summed E-state index contributed by atoms with van der Waals surface area (Å²) in [7, 11) is -0.759. The Labute approximate surface area is 179 Å². The first-order valence-corrected chi connectivity index (χ1v) is 12.7. The zero-order valence-electron chi connectivity index (χ0n) is 18.9. The molecule has 0 saturated carbocycles. The summed E-state index contributed by atoms with van der Waals surface area (Å²) in [4.78, 5) is 23.2. The van der Waals surface area contributed by atoms with Crippen molar-refractivity contribution in [3.05, 3.63) is 29.8 Å². The van der Waals surface area contributed by atoms with Gasteiger partial charge in [-0.3, -0.25) is 9.59 Å². The van der Waals surface area contributed by atoms with Crippen molar-refractivity contribution in [3.8, 4) is 17.2 Å². The van der Waals surface area contributed by atoms with Gasteiger partial charge < -0.3 is 23.4 Å². The molecule has 0 aliphatic carbocycles. The van der Waals surface area contributed by atoms with Crippen molar-refractivity contribution in [1.82, 2.24) is 0 Å². The van der Waals surface area contributed by atoms with E-state index in [0.717, 1.165) is 0 Å². The molecule has 166 valence electrons. The van der Waals surface area contributed by atoms with E-state index in [0.29, 0.717) is 29.1 Å². The molecule has 1 aromatic carbocycles. The average Bonchev–Trinajstić information content (AvgIpc) is 3.11. The Bertz CT molecular complexity index is 810. The molecule has 0 fully saturated rings. The number of hydrogen-bond acceptors (Lipinski definition) is 7. The number of ether oxygens (including phenoxy) is 4. The number of benzene rings is 1. The highest BCUT2D eigenvalue weighted by Crippen LogP contribution is 2.47. The molecule has 0 radical (unpaired) electrons. The summed E-state index contributed by atoms with van der Waals surface area (Å²) >= 11 is 0. The molecule has 0 amide bonds. The lowest BCUT2D eigenvalue weighted by atomic mass is 9.90. The van der Waals surface area contributed by atoms with Gasteiger partial charge in [-0.05, 0) is 29.8 Å². The lowest BCUT2D eigenvalue weighted by Crippen LogP contribution is -2.44. The van der Waals surface area contributed by atoms with E-state index < -0.39 is 26.3 Å². The summed E-state index contributed by atoms with van der Waals surface area (Å²) < 4.78 is 28.7. The second kappa shape index (κ2) is 9.22. The van der Waals surface area contributed by atoms with Gasteiger partial charge in [-0.25, -0.2) is 0 Å². The Morgan fingerprint density at radius 3 is 2.37 bits per heavy atom. The standard InChI is InChI=1S/C22H32O7Si/c1-14(11-23)17(12-26-15(2)24)21(29-30(7,8)22(3,4)5)16-9-19-20(28-13-27-19)10-18(16)25-6/h9-11,17,21H,1,12-13H2,2-8H3/t17-,21+/m1/s1. The molecular weight excluding hydrogens is 404 g/mol. The van der Waals surface area contributed by atoms with E-state index in [1.165, 1.54) is 6.92 Å². The predicted molar refractivity (Wildman–Crippen MR) is 115 cm³/mol. The average molecular weight is 437 g/mol. The molecule has 0 saturated heterocycles. The summed E-state index contributed by atoms with van der Waals surface area (Å²) in [5.74, 6) is 0.650. The number of esters is 1. The van der Waals surface area contributed by atoms with Gasteiger partial charge in [-0.1, -0.05) is 27.4 Å². The number of methoxy groups -OCH3 is 1. The van der Waals surface area contributed by atoms with Crippen molar-refractivity contribution in [1.29, 1.82) is 0 Å². The first-order valence-electron chi connectivity index (χ1n) is 9.84. The van der Waals surface area contributed by atoms with Crippen LogP contribution in [-0.4, -0.2) is 41.1 Å². The van der Waals surface area contributed by atoms with Crippen LogP contribution in [0.2, 0.25) is 18.1 Å². The molecular formula is C22H32O7Si. The van der Waals surface area contributed by atoms with Crippen molar-refractivity contribution in [2.45, 2.75) is 51.9 Å². The third kappa shape index (κ3) is 5.23. The molecule has 0 N–H and O–H groups in total. The molecule has 1 aliphatic heterocycles. The molecule has 7 nitrogen and oxygen atoms in total. The predicted octanol–water partition coefficient (Wildman–Crippen LogP) is 4.42. The van der Waals surface area contributed by atoms with Gasteiger partial charge in [0.25, 0.3) is 0 Å². The zero-order chi connectivity index (χ0) is 22.7. The number of carbonyl (C=O) groups excluding carboxylic acids is 2. The van der Waals surface area contributed by atoms with Crippen LogP contribution in [0.4, 0.5) is 0 Å². The summed E-state index contributed by atoms with van der Waals surface area (Å²) in [6.07, 6.45) is 0.0442. The zero-order valence-corrected chi connectivity index (χ0v) is 19.9. The Kier molecular flexibility index (Phi) is 7.36. The second-order valence-corrected chi connectivity index (χ2v) is 13.6. The van der Waals surface area contributed by atoms with Gasteiger partial charge in [0.15, 0.2) is 19.8 Å². The number of fused-ring (bicyclic) bond motifs is 1. The fourth-order valence-electron chi connectivity index (χ4n) is 2.88. The second-order valence-electron chi connectivity index (χ2n) is 8.85. The highest BCUT2D eigenvalue weighted by atomic mass is 28.4. The van der Waals surface area contributed by atoms with Crippen LogP contribution in [0, 0.1) is 5.92 Å². The Balaban J connectivity index is 2.62. The summed E-state index contributed by atoms with van der Waals surface area (Å²) in [6, 6.07) is 3.55. The monoisotopic (exact) mass is 436 g/mol. The first-order chi connectivity index (χ1) is 13.9. The highest BCUT2D eigenvalue weighted by Gasteiger charge is 2.43. The molecule has 2 atom stereocenters. The van der Waals surface area contributed by atoms with Crippen LogP contribution in [0.25, 0.3) is 0 Å². The van der Waals surface area contributed by atoms with Gasteiger partial charge in [0.05, 0.1) is 19.1 Å². The summed E-state index contributed by atoms with van der Waals surface area (Å²) in [5.41, 5.74) is 0.964. The fourth-order valence-corrected chi connectivity index (χ4v) is 4.16. The van der Waals surface area contributed by atoms with Crippen molar-refractivity contribution >= 4 is 20.6 Å². The number of rotatable bonds is 9. The van der Waals surface area contributed by atoms with Crippen LogP contribution in [0.15, 0.2) is 24.3 Å². The molecule has 2 rings (SSSR count). The van der Waals surface area contributed by atoms with E-state index in [4.69, 9.17) is 23.4 Å². The Morgan fingerprint density at radius 2 is 1.87 bits per heavy atom. The van der Waals surface area contributed by atoms with Crippen LogP contribution in [0.1, 0.15) is 39.4 Å². The minimum atomic E-state index is -2.31. The summed E-state index contributed by atoms with van der Waals surface area (Å²) in [6.45, 7) is 15.9. The van der Waals surface area contributed by atoms with Crippen molar-refractivity contribution in [2.75, 3.05) is 20.5 Å². The van der Waals surface area contributed by atoms with Crippen molar-refractivity contribution < 1.29 is 33.0 Å². The van der Waals surface area contributed by atoms with Gasteiger partial charge in [0.1, 0.15) is 18.6 Å². The Morgan fingerprint density at radius 1 is 1.27 bits per heavy atom. The third-order valence-corrected chi connectivity index (χ3v) is 10.2. The maximum absolute atomic E-state index is 11.7. The van der Waals surface area contributed by atoms with Gasteiger partial charge >= 0.3 is 5.97 Å². The van der Waals surface area contributed by atoms with Crippen LogP contribution in [-0.2, 0) is 18.8 Å². The molecule has 0 aromatic heterocycles. The minimum Gasteiger partial charge on any atom is -0.496 e. The molecule has 1 aliphatic rings. The number of aldehydes is 1. The van der Waals surface area contributed by atoms with Crippen LogP contribution in [0.5, 0.6) is 17.2 Å². The molecule has 1 aromatic rings. The van der Waals surface area contributed by atoms with Gasteiger partial charge in [0.2, 0.25) is 6.79 Å². The topological polar surface area (TPSA) is 80.3 Å². The maximum Gasteiger partial charge on any atom is 0.302 e. The largest absolute Gasteiger partial charge is 0.496 e. The normalized spacial score (nSPS) is 15.3. The molecule has 8 heteroatoms. The van der Waals surface area contributed by atoms with E-state index >= 15 is 0 Å². The van der Waals surface area contributed by atoms with Crippen LogP contribution < -0.4 is 14.2 Å². The van der Waals surface area contributed by atoms with Crippen LogP contribution >= 0.6 is 0 Å². The van der Waals surface area contributed by atoms with Gasteiger partial charge in [0, 0.05) is 18.6 Å². The van der Waals surface area contributed by atoms with Gasteiger partial charge in [-0.2, -0.15) is 0 Å². The number of hydrogen-bond donors (Lipinski definition) is 0. The molecule has 0 bridgehead atoms. The van der Waals surface area contributed by atoms with Crippen molar-refractivity contribution in [2.24, 2.45) is 5.92 Å². The molecule has 30 heavy (non-hydrogen) atoms. The minimum absolute atomic E-state index is 0.0379. The molecule has 1 heterocycles. The third-order valence-electron chi connectivity index (χ3n) is 5.72. The first kappa shape index (κ1) is 24.0. The smallest absolute Gasteiger partial charge is 0.302 e. The van der Waals surface area contributed by atoms with E-state index in [9.17, 15) is 9.59 Å². The fraction of sp³-hybridized carbons (Fsp3) is 0.545. The maximum atomic E-state index is 11.7. The van der Waals surface area contributed by atoms with E-state index in [1.54, 1.807) is 19.2 Å². The molecule has 0 spiro atoms. The van der Waals surface area contributed by atoms with E-state index in [1.807, 2.05) is 0 Å². The SMILES string of the molecule is C=C(C=O)[C@@H](COC(C)=O)[C@@H](O[Si](C)(C)C(C)(C)C)c1cc2c(cc1OC)OCO2. The van der Waals surface area contributed by atoms with Crippen molar-refractivity contribution in [3.63, 3.8) is 0 Å². The van der Waals surface area contributed by atoms with Crippen LogP contribution in [0.3, 0.4) is 0 Å². The Hall–Kier alpha value is -2.32. The highest BCUT2D eigenvalue weighted by molar-refractivity contribution is 6.74. The molecule has 0 unspecified atom stereocenters. The summed E-state index contributed by atoms with van der Waals surface area (Å²) in [5, 5.41) is -0.0939. The van der Waals surface area contributed by atoms with E-state index in [2.05, 4.69) is 40.4 Å². The van der Waals surface area contributed by atoms with Gasteiger partial charge in [-0.15, -0.1) is 0 Å².